The van der Waals surface area contributed by atoms with E-state index < -0.39 is 17.3 Å². The van der Waals surface area contributed by atoms with Crippen molar-refractivity contribution in [3.05, 3.63) is 45.2 Å². The molecule has 4 nitrogen and oxygen atoms in total. The van der Waals surface area contributed by atoms with Gasteiger partial charge in [0.15, 0.2) is 5.56 Å². The lowest BCUT2D eigenvalue weighted by molar-refractivity contribution is -0.137. The third kappa shape index (κ3) is 4.09. The summed E-state index contributed by atoms with van der Waals surface area (Å²) in [4.78, 5) is 11.5. The van der Waals surface area contributed by atoms with Crippen LogP contribution in [0.5, 0.6) is 0 Å². The number of hydrogen-bond donors (Lipinski definition) is 2. The van der Waals surface area contributed by atoms with Gasteiger partial charge in [0.2, 0.25) is 0 Å². The molecule has 0 atom stereocenters. The Kier molecular flexibility index (Phi) is 5.06. The maximum atomic E-state index is 13.2. The first-order chi connectivity index (χ1) is 12.4. The summed E-state index contributed by atoms with van der Waals surface area (Å²) in [5, 5.41) is 11.9. The summed E-state index contributed by atoms with van der Waals surface area (Å²) >= 11 is 0.860. The summed E-state index contributed by atoms with van der Waals surface area (Å²) in [5.74, 6) is 6.10. The van der Waals surface area contributed by atoms with Crippen LogP contribution in [0.25, 0.3) is 0 Å². The number of halogens is 3. The van der Waals surface area contributed by atoms with Crippen LogP contribution in [-0.4, -0.2) is 4.37 Å². The minimum absolute atomic E-state index is 0.127. The highest BCUT2D eigenvalue weighted by Gasteiger charge is 2.31. The van der Waals surface area contributed by atoms with Gasteiger partial charge in [0.25, 0.3) is 5.56 Å². The van der Waals surface area contributed by atoms with Gasteiger partial charge in [0.05, 0.1) is 5.56 Å². The van der Waals surface area contributed by atoms with Crippen molar-refractivity contribution < 1.29 is 13.2 Å². The number of rotatable bonds is 2. The van der Waals surface area contributed by atoms with Crippen molar-refractivity contribution in [2.24, 2.45) is 5.92 Å². The molecule has 134 valence electrons. The molecule has 0 aliphatic heterocycles. The fraction of sp³-hybridized carbons (Fsp3) is 0.333. The Labute approximate surface area is 151 Å². The second-order valence-corrected chi connectivity index (χ2v) is 6.84. The number of H-pyrrole nitrogens is 1. The van der Waals surface area contributed by atoms with Crippen LogP contribution in [0.2, 0.25) is 0 Å². The van der Waals surface area contributed by atoms with Gasteiger partial charge in [-0.05, 0) is 42.6 Å². The van der Waals surface area contributed by atoms with E-state index in [2.05, 4.69) is 21.5 Å². The molecule has 1 aromatic heterocycles. The number of alkyl halides is 3. The van der Waals surface area contributed by atoms with Gasteiger partial charge < -0.3 is 5.32 Å². The molecule has 0 unspecified atom stereocenters. The van der Waals surface area contributed by atoms with Crippen molar-refractivity contribution in [1.82, 2.24) is 4.37 Å². The third-order valence-electron chi connectivity index (χ3n) is 4.11. The summed E-state index contributed by atoms with van der Waals surface area (Å²) < 4.78 is 42.0. The lowest BCUT2D eigenvalue weighted by atomic mass is 10.1. The molecule has 0 saturated heterocycles. The van der Waals surface area contributed by atoms with Crippen LogP contribution in [-0.2, 0) is 6.18 Å². The third-order valence-corrected chi connectivity index (χ3v) is 4.90. The van der Waals surface area contributed by atoms with E-state index in [-0.39, 0.29) is 27.7 Å². The number of benzene rings is 1. The molecule has 1 heterocycles. The molecule has 0 amide bonds. The minimum atomic E-state index is -4.52. The molecule has 1 aliphatic carbocycles. The molecule has 0 bridgehead atoms. The molecule has 0 spiro atoms. The van der Waals surface area contributed by atoms with E-state index in [1.165, 1.54) is 6.07 Å². The molecule has 0 radical (unpaired) electrons. The van der Waals surface area contributed by atoms with E-state index in [0.717, 1.165) is 49.3 Å². The Morgan fingerprint density at radius 2 is 1.96 bits per heavy atom. The number of hydrogen-bond acceptors (Lipinski definition) is 4. The van der Waals surface area contributed by atoms with Crippen LogP contribution in [0.1, 0.15) is 42.4 Å². The van der Waals surface area contributed by atoms with Crippen LogP contribution < -0.4 is 10.9 Å². The number of nitriles is 1. The van der Waals surface area contributed by atoms with Crippen LogP contribution in [0, 0.1) is 29.1 Å². The zero-order chi connectivity index (χ0) is 18.7. The van der Waals surface area contributed by atoms with Crippen molar-refractivity contribution in [2.45, 2.75) is 31.9 Å². The Morgan fingerprint density at radius 1 is 1.23 bits per heavy atom. The maximum Gasteiger partial charge on any atom is 0.416 e. The van der Waals surface area contributed by atoms with Gasteiger partial charge in [-0.15, -0.1) is 0 Å². The zero-order valence-electron chi connectivity index (χ0n) is 13.5. The number of aromatic nitrogens is 1. The first-order valence-corrected chi connectivity index (χ1v) is 8.81. The maximum absolute atomic E-state index is 13.2. The molecule has 2 aromatic rings. The molecular formula is C18H14F3N3OS. The molecule has 1 aliphatic rings. The second kappa shape index (κ2) is 7.27. The Morgan fingerprint density at radius 3 is 2.62 bits per heavy atom. The van der Waals surface area contributed by atoms with E-state index in [1.807, 2.05) is 0 Å². The highest BCUT2D eigenvalue weighted by molar-refractivity contribution is 7.10. The predicted molar refractivity (Wildman–Crippen MR) is 93.2 cm³/mol. The number of anilines is 2. The second-order valence-electron chi connectivity index (χ2n) is 6.02. The van der Waals surface area contributed by atoms with Gasteiger partial charge in [-0.3, -0.25) is 9.17 Å². The van der Waals surface area contributed by atoms with Gasteiger partial charge >= 0.3 is 6.18 Å². The van der Waals surface area contributed by atoms with E-state index >= 15 is 0 Å². The molecular weight excluding hydrogens is 363 g/mol. The molecule has 1 aromatic carbocycles. The molecule has 26 heavy (non-hydrogen) atoms. The highest BCUT2D eigenvalue weighted by atomic mass is 32.1. The average Bonchev–Trinajstić information content (AvgIpc) is 3.22. The summed E-state index contributed by atoms with van der Waals surface area (Å²) in [6.45, 7) is 0. The van der Waals surface area contributed by atoms with Gasteiger partial charge in [0, 0.05) is 17.2 Å². The summed E-state index contributed by atoms with van der Waals surface area (Å²) in [5.41, 5.74) is -1.20. The normalized spacial score (nSPS) is 14.5. The number of nitrogens with zero attached hydrogens (tertiary/aromatic N) is 1. The summed E-state index contributed by atoms with van der Waals surface area (Å²) in [6.07, 6.45) is -0.388. The lowest BCUT2D eigenvalue weighted by Gasteiger charge is -2.11. The van der Waals surface area contributed by atoms with Gasteiger partial charge in [-0.25, -0.2) is 0 Å². The smallest absolute Gasteiger partial charge is 0.345 e. The lowest BCUT2D eigenvalue weighted by Crippen LogP contribution is -2.07. The van der Waals surface area contributed by atoms with Crippen molar-refractivity contribution >= 4 is 22.2 Å². The molecule has 8 heteroatoms. The van der Waals surface area contributed by atoms with Gasteiger partial charge in [-0.1, -0.05) is 24.7 Å². The van der Waals surface area contributed by atoms with Crippen molar-refractivity contribution in [3.8, 4) is 17.9 Å². The van der Waals surface area contributed by atoms with Crippen LogP contribution in [0.4, 0.5) is 23.9 Å². The van der Waals surface area contributed by atoms with Gasteiger partial charge in [-0.2, -0.15) is 18.4 Å². The van der Waals surface area contributed by atoms with Gasteiger partial charge in [0.1, 0.15) is 11.1 Å². The first-order valence-electron chi connectivity index (χ1n) is 7.99. The van der Waals surface area contributed by atoms with Crippen LogP contribution >= 0.6 is 11.5 Å². The van der Waals surface area contributed by atoms with Crippen molar-refractivity contribution in [1.29, 1.82) is 5.26 Å². The Hall–Kier alpha value is -2.71. The Balaban J connectivity index is 1.97. The van der Waals surface area contributed by atoms with E-state index in [4.69, 9.17) is 5.26 Å². The fourth-order valence-corrected chi connectivity index (χ4v) is 3.52. The monoisotopic (exact) mass is 377 g/mol. The van der Waals surface area contributed by atoms with E-state index in [1.54, 1.807) is 6.07 Å². The van der Waals surface area contributed by atoms with E-state index in [9.17, 15) is 18.0 Å². The van der Waals surface area contributed by atoms with E-state index in [0.29, 0.717) is 0 Å². The molecule has 1 fully saturated rings. The topological polar surface area (TPSA) is 68.7 Å². The fourth-order valence-electron chi connectivity index (χ4n) is 2.81. The minimum Gasteiger partial charge on any atom is -0.345 e. The Bertz CT molecular complexity index is 967. The van der Waals surface area contributed by atoms with Crippen LogP contribution in [0.15, 0.2) is 23.0 Å². The number of nitrogens with one attached hydrogen (secondary N) is 2. The largest absolute Gasteiger partial charge is 0.416 e. The van der Waals surface area contributed by atoms with Crippen molar-refractivity contribution in [2.75, 3.05) is 5.32 Å². The van der Waals surface area contributed by atoms with Crippen LogP contribution in [0.3, 0.4) is 0 Å². The molecule has 2 N–H and O–H groups in total. The standard InChI is InChI=1S/C18H14F3N3OS/c19-18(20,21)13-7-12(6-5-11-3-1-2-4-11)8-14(9-13)23-17-15(10-22)16(25)24-26-17/h7-9,11,23H,1-4H2,(H,24,25). The number of aromatic amines is 1. The first kappa shape index (κ1) is 18.1. The predicted octanol–water partition coefficient (Wildman–Crippen LogP) is 4.61. The average molecular weight is 377 g/mol. The molecule has 3 rings (SSSR count). The highest BCUT2D eigenvalue weighted by Crippen LogP contribution is 2.33. The summed E-state index contributed by atoms with van der Waals surface area (Å²) in [7, 11) is 0. The summed E-state index contributed by atoms with van der Waals surface area (Å²) in [6, 6.07) is 5.18. The molecule has 1 saturated carbocycles. The zero-order valence-corrected chi connectivity index (χ0v) is 14.4. The SMILES string of the molecule is N#Cc1c(Nc2cc(C#CC3CCCC3)cc(C(F)(F)F)c2)s[nH]c1=O. The quantitative estimate of drug-likeness (QED) is 0.751. The van der Waals surface area contributed by atoms with Crippen molar-refractivity contribution in [3.63, 3.8) is 0 Å².